The van der Waals surface area contributed by atoms with Crippen LogP contribution in [0.25, 0.3) is 21.6 Å². The fourth-order valence-electron chi connectivity index (χ4n) is 3.50. The van der Waals surface area contributed by atoms with E-state index >= 15 is 0 Å². The van der Waals surface area contributed by atoms with Gasteiger partial charge < -0.3 is 5.32 Å². The van der Waals surface area contributed by atoms with Crippen molar-refractivity contribution in [1.82, 2.24) is 24.8 Å². The number of sulfonamides is 1. The highest BCUT2D eigenvalue weighted by molar-refractivity contribution is 7.89. The Labute approximate surface area is 196 Å². The first-order chi connectivity index (χ1) is 15.7. The molecule has 0 aliphatic rings. The van der Waals surface area contributed by atoms with Crippen LogP contribution in [0.15, 0.2) is 53.6 Å². The summed E-state index contributed by atoms with van der Waals surface area (Å²) in [6.07, 6.45) is 1.67. The number of aryl methyl sites for hydroxylation is 1. The Hall–Kier alpha value is -3.08. The second kappa shape index (κ2) is 9.05. The van der Waals surface area contributed by atoms with E-state index in [9.17, 15) is 13.2 Å². The standard InChI is InChI=1S/C23H25N5O3S2/c1-14(2)28-22-19(13-26-28)18(11-20(27-22)21-9-8-15(3)32-21)23(29)25-12-16-6-5-7-17(10-16)33(30,31)24-4/h5-11,13-14,24H,12H2,1-4H3,(H,25,29). The number of fused-ring (bicyclic) bond motifs is 1. The number of hydrogen-bond donors (Lipinski definition) is 2. The molecule has 4 rings (SSSR count). The van der Waals surface area contributed by atoms with E-state index in [1.54, 1.807) is 41.8 Å². The summed E-state index contributed by atoms with van der Waals surface area (Å²) in [6.45, 7) is 6.24. The van der Waals surface area contributed by atoms with E-state index in [2.05, 4.69) is 15.1 Å². The maximum atomic E-state index is 13.2. The van der Waals surface area contributed by atoms with Crippen LogP contribution in [0.5, 0.6) is 0 Å². The largest absolute Gasteiger partial charge is 0.348 e. The van der Waals surface area contributed by atoms with Crippen molar-refractivity contribution in [3.63, 3.8) is 0 Å². The molecule has 33 heavy (non-hydrogen) atoms. The van der Waals surface area contributed by atoms with Crippen LogP contribution in [0.1, 0.15) is 40.7 Å². The predicted octanol–water partition coefficient (Wildman–Crippen LogP) is 3.89. The number of nitrogens with one attached hydrogen (secondary N) is 2. The Bertz CT molecular complexity index is 1440. The second-order valence-electron chi connectivity index (χ2n) is 7.92. The van der Waals surface area contributed by atoms with Crippen molar-refractivity contribution in [2.45, 2.75) is 38.3 Å². The lowest BCUT2D eigenvalue weighted by Crippen LogP contribution is -2.24. The Morgan fingerprint density at radius 3 is 2.64 bits per heavy atom. The van der Waals surface area contributed by atoms with Gasteiger partial charge in [0.2, 0.25) is 10.0 Å². The number of carbonyl (C=O) groups excluding carboxylic acids is 1. The van der Waals surface area contributed by atoms with E-state index in [1.165, 1.54) is 13.1 Å². The molecule has 0 fully saturated rings. The quantitative estimate of drug-likeness (QED) is 0.415. The van der Waals surface area contributed by atoms with Crippen LogP contribution < -0.4 is 10.0 Å². The van der Waals surface area contributed by atoms with Crippen molar-refractivity contribution >= 4 is 38.3 Å². The molecule has 3 aromatic heterocycles. The smallest absolute Gasteiger partial charge is 0.252 e. The number of hydrogen-bond acceptors (Lipinski definition) is 6. The van der Waals surface area contributed by atoms with E-state index in [4.69, 9.17) is 4.98 Å². The summed E-state index contributed by atoms with van der Waals surface area (Å²) in [5.74, 6) is -0.276. The Kier molecular flexibility index (Phi) is 6.33. The van der Waals surface area contributed by atoms with Gasteiger partial charge in [-0.25, -0.2) is 22.8 Å². The van der Waals surface area contributed by atoms with Gasteiger partial charge in [-0.1, -0.05) is 12.1 Å². The van der Waals surface area contributed by atoms with E-state index in [0.29, 0.717) is 22.2 Å². The topological polar surface area (TPSA) is 106 Å². The highest BCUT2D eigenvalue weighted by atomic mass is 32.2. The molecule has 0 bridgehead atoms. The number of aromatic nitrogens is 3. The van der Waals surface area contributed by atoms with E-state index in [0.717, 1.165) is 15.4 Å². The third-order valence-corrected chi connectivity index (χ3v) is 7.66. The minimum Gasteiger partial charge on any atom is -0.348 e. The first kappa shape index (κ1) is 23.1. The molecule has 0 radical (unpaired) electrons. The number of pyridine rings is 1. The van der Waals surface area contributed by atoms with Gasteiger partial charge in [0.25, 0.3) is 5.91 Å². The van der Waals surface area contributed by atoms with Crippen molar-refractivity contribution in [2.24, 2.45) is 0 Å². The zero-order valence-electron chi connectivity index (χ0n) is 18.8. The number of thiophene rings is 1. The van der Waals surface area contributed by atoms with Gasteiger partial charge in [-0.15, -0.1) is 11.3 Å². The van der Waals surface area contributed by atoms with E-state index < -0.39 is 10.0 Å². The maximum Gasteiger partial charge on any atom is 0.252 e. The molecule has 0 saturated carbocycles. The first-order valence-electron chi connectivity index (χ1n) is 10.5. The monoisotopic (exact) mass is 483 g/mol. The summed E-state index contributed by atoms with van der Waals surface area (Å²) >= 11 is 1.62. The van der Waals surface area contributed by atoms with Gasteiger partial charge in [0, 0.05) is 17.5 Å². The molecule has 3 heterocycles. The summed E-state index contributed by atoms with van der Waals surface area (Å²) in [5.41, 5.74) is 2.53. The lowest BCUT2D eigenvalue weighted by molar-refractivity contribution is 0.0952. The van der Waals surface area contributed by atoms with Crippen molar-refractivity contribution < 1.29 is 13.2 Å². The van der Waals surface area contributed by atoms with Crippen LogP contribution in [-0.4, -0.2) is 36.1 Å². The number of carbonyl (C=O) groups is 1. The predicted molar refractivity (Wildman–Crippen MR) is 130 cm³/mol. The summed E-state index contributed by atoms with van der Waals surface area (Å²) < 4.78 is 28.3. The van der Waals surface area contributed by atoms with E-state index in [-0.39, 0.29) is 23.4 Å². The molecule has 0 aliphatic heterocycles. The molecule has 0 unspecified atom stereocenters. The maximum absolute atomic E-state index is 13.2. The number of amides is 1. The molecule has 1 amide bonds. The van der Waals surface area contributed by atoms with Crippen LogP contribution in [-0.2, 0) is 16.6 Å². The van der Waals surface area contributed by atoms with Crippen LogP contribution in [0.4, 0.5) is 0 Å². The van der Waals surface area contributed by atoms with Gasteiger partial charge in [-0.05, 0) is 63.7 Å². The summed E-state index contributed by atoms with van der Waals surface area (Å²) in [7, 11) is -2.20. The molecule has 0 atom stereocenters. The molecule has 0 aliphatic carbocycles. The summed E-state index contributed by atoms with van der Waals surface area (Å²) in [4.78, 5) is 20.3. The molecule has 1 aromatic carbocycles. The minimum absolute atomic E-state index is 0.0862. The SMILES string of the molecule is CNS(=O)(=O)c1cccc(CNC(=O)c2cc(-c3ccc(C)s3)nc3c2cnn3C(C)C)c1. The summed E-state index contributed by atoms with van der Waals surface area (Å²) in [5, 5.41) is 8.03. The van der Waals surface area contributed by atoms with Gasteiger partial charge in [0.1, 0.15) is 0 Å². The van der Waals surface area contributed by atoms with Gasteiger partial charge >= 0.3 is 0 Å². The minimum atomic E-state index is -3.56. The van der Waals surface area contributed by atoms with Crippen molar-refractivity contribution in [3.8, 4) is 10.6 Å². The van der Waals surface area contributed by atoms with Crippen LogP contribution in [0.2, 0.25) is 0 Å². The van der Waals surface area contributed by atoms with Crippen LogP contribution in [0.3, 0.4) is 0 Å². The average molecular weight is 484 g/mol. The molecule has 0 saturated heterocycles. The van der Waals surface area contributed by atoms with E-state index in [1.807, 2.05) is 37.6 Å². The first-order valence-corrected chi connectivity index (χ1v) is 12.8. The summed E-state index contributed by atoms with van der Waals surface area (Å²) in [6, 6.07) is 12.4. The van der Waals surface area contributed by atoms with Crippen molar-refractivity contribution in [2.75, 3.05) is 7.05 Å². The molecular formula is C23H25N5O3S2. The normalized spacial score (nSPS) is 11.9. The highest BCUT2D eigenvalue weighted by Crippen LogP contribution is 2.30. The third kappa shape index (κ3) is 4.68. The van der Waals surface area contributed by atoms with Gasteiger partial charge in [-0.3, -0.25) is 4.79 Å². The zero-order valence-corrected chi connectivity index (χ0v) is 20.4. The Balaban J connectivity index is 1.69. The fraction of sp³-hybridized carbons (Fsp3) is 0.261. The fourth-order valence-corrected chi connectivity index (χ4v) is 5.13. The Morgan fingerprint density at radius 2 is 1.97 bits per heavy atom. The van der Waals surface area contributed by atoms with Gasteiger partial charge in [-0.2, -0.15) is 5.10 Å². The molecule has 2 N–H and O–H groups in total. The van der Waals surface area contributed by atoms with Crippen molar-refractivity contribution in [3.05, 3.63) is 64.7 Å². The lowest BCUT2D eigenvalue weighted by atomic mass is 10.1. The average Bonchev–Trinajstić information content (AvgIpc) is 3.43. The molecular weight excluding hydrogens is 458 g/mol. The number of nitrogens with zero attached hydrogens (tertiary/aromatic N) is 3. The van der Waals surface area contributed by atoms with Crippen LogP contribution >= 0.6 is 11.3 Å². The number of benzene rings is 1. The molecule has 172 valence electrons. The second-order valence-corrected chi connectivity index (χ2v) is 11.1. The molecule has 4 aromatic rings. The third-order valence-electron chi connectivity index (χ3n) is 5.22. The van der Waals surface area contributed by atoms with Crippen LogP contribution in [0, 0.1) is 6.92 Å². The molecule has 8 nitrogen and oxygen atoms in total. The Morgan fingerprint density at radius 1 is 1.18 bits per heavy atom. The number of rotatable bonds is 7. The van der Waals surface area contributed by atoms with Gasteiger partial charge in [0.05, 0.1) is 32.6 Å². The lowest BCUT2D eigenvalue weighted by Gasteiger charge is -2.11. The molecule has 0 spiro atoms. The molecule has 10 heteroatoms. The van der Waals surface area contributed by atoms with Crippen molar-refractivity contribution in [1.29, 1.82) is 0 Å². The zero-order chi connectivity index (χ0) is 23.8. The van der Waals surface area contributed by atoms with Gasteiger partial charge in [0.15, 0.2) is 5.65 Å². The highest BCUT2D eigenvalue weighted by Gasteiger charge is 2.19.